The van der Waals surface area contributed by atoms with Gasteiger partial charge in [0.2, 0.25) is 0 Å². The number of carbonyl (C=O) groups excluding carboxylic acids is 1. The number of aryl methyl sites for hydroxylation is 1. The van der Waals surface area contributed by atoms with E-state index in [-0.39, 0.29) is 11.7 Å². The number of phenolic OH excluding ortho intramolecular Hbond substituents is 1. The fraction of sp³-hybridized carbons (Fsp3) is 0.292. The summed E-state index contributed by atoms with van der Waals surface area (Å²) in [6, 6.07) is 14.0. The number of benzene rings is 2. The average molecular weight is 442 g/mol. The van der Waals surface area contributed by atoms with Crippen LogP contribution in [0, 0.1) is 6.92 Å². The van der Waals surface area contributed by atoms with Crippen LogP contribution in [-0.4, -0.2) is 33.6 Å². The van der Waals surface area contributed by atoms with Gasteiger partial charge < -0.3 is 19.3 Å². The first-order valence-corrected chi connectivity index (χ1v) is 10.4. The maximum atomic E-state index is 13.7. The van der Waals surface area contributed by atoms with Gasteiger partial charge in [-0.3, -0.25) is 4.79 Å². The van der Waals surface area contributed by atoms with Crippen LogP contribution in [0.25, 0.3) is 5.69 Å². The summed E-state index contributed by atoms with van der Waals surface area (Å²) in [7, 11) is 0. The van der Waals surface area contributed by atoms with E-state index in [4.69, 9.17) is 4.74 Å². The van der Waals surface area contributed by atoms with Crippen LogP contribution < -0.4 is 4.74 Å². The number of aromatic hydroxyl groups is 1. The SMILES string of the molecule is Cc1cc(C(=O)N2CCC3(CC2)Oc2ccccc2-n2c(C(F)(F)F)ccc23)ccc1O. The third-order valence-corrected chi connectivity index (χ3v) is 6.35. The molecule has 0 radical (unpaired) electrons. The third-order valence-electron chi connectivity index (χ3n) is 6.35. The van der Waals surface area contributed by atoms with E-state index in [0.29, 0.717) is 54.2 Å². The number of halogens is 3. The number of carbonyl (C=O) groups is 1. The Morgan fingerprint density at radius 3 is 2.47 bits per heavy atom. The summed E-state index contributed by atoms with van der Waals surface area (Å²) in [5.41, 5.74) is 0.211. The van der Waals surface area contributed by atoms with Gasteiger partial charge in [0.15, 0.2) is 5.60 Å². The van der Waals surface area contributed by atoms with E-state index < -0.39 is 17.5 Å². The van der Waals surface area contributed by atoms with Gasteiger partial charge in [0.25, 0.3) is 5.91 Å². The number of hydrogen-bond donors (Lipinski definition) is 1. The molecule has 3 heterocycles. The molecule has 0 atom stereocenters. The molecule has 32 heavy (non-hydrogen) atoms. The van der Waals surface area contributed by atoms with Crippen molar-refractivity contribution in [2.24, 2.45) is 0 Å². The van der Waals surface area contributed by atoms with Gasteiger partial charge in [0, 0.05) is 31.5 Å². The number of hydrogen-bond acceptors (Lipinski definition) is 3. The van der Waals surface area contributed by atoms with Crippen LogP contribution in [0.15, 0.2) is 54.6 Å². The second kappa shape index (κ2) is 7.05. The van der Waals surface area contributed by atoms with E-state index in [1.807, 2.05) is 0 Å². The van der Waals surface area contributed by atoms with Crippen LogP contribution in [0.4, 0.5) is 13.2 Å². The Morgan fingerprint density at radius 2 is 1.78 bits per heavy atom. The van der Waals surface area contributed by atoms with E-state index in [2.05, 4.69) is 0 Å². The third kappa shape index (κ3) is 3.13. The molecule has 166 valence electrons. The van der Waals surface area contributed by atoms with Crippen molar-refractivity contribution < 1.29 is 27.8 Å². The van der Waals surface area contributed by atoms with Crippen molar-refractivity contribution in [1.29, 1.82) is 0 Å². The Kier molecular flexibility index (Phi) is 4.51. The number of alkyl halides is 3. The van der Waals surface area contributed by atoms with Gasteiger partial charge >= 0.3 is 6.18 Å². The lowest BCUT2D eigenvalue weighted by atomic mass is 9.86. The average Bonchev–Trinajstić information content (AvgIpc) is 3.23. The van der Waals surface area contributed by atoms with Crippen molar-refractivity contribution in [1.82, 2.24) is 9.47 Å². The smallest absolute Gasteiger partial charge is 0.431 e. The lowest BCUT2D eigenvalue weighted by molar-refractivity contribution is -0.143. The quantitative estimate of drug-likeness (QED) is 0.575. The number of aromatic nitrogens is 1. The first-order valence-electron chi connectivity index (χ1n) is 10.4. The minimum Gasteiger partial charge on any atom is -0.508 e. The van der Waals surface area contributed by atoms with E-state index in [9.17, 15) is 23.1 Å². The number of likely N-dealkylation sites (tertiary alicyclic amines) is 1. The van der Waals surface area contributed by atoms with Crippen molar-refractivity contribution in [3.63, 3.8) is 0 Å². The Morgan fingerprint density at radius 1 is 1.06 bits per heavy atom. The number of ether oxygens (including phenoxy) is 1. The molecule has 1 spiro atoms. The molecule has 2 aliphatic heterocycles. The van der Waals surface area contributed by atoms with Crippen molar-refractivity contribution in [2.45, 2.75) is 31.5 Å². The van der Waals surface area contributed by atoms with E-state index in [0.717, 1.165) is 6.07 Å². The topological polar surface area (TPSA) is 54.7 Å². The van der Waals surface area contributed by atoms with E-state index in [1.54, 1.807) is 48.2 Å². The zero-order valence-corrected chi connectivity index (χ0v) is 17.3. The number of amides is 1. The summed E-state index contributed by atoms with van der Waals surface area (Å²) in [5.74, 6) is 0.343. The largest absolute Gasteiger partial charge is 0.508 e. The predicted octanol–water partition coefficient (Wildman–Crippen LogP) is 5.03. The molecular formula is C24H21F3N2O3. The molecule has 5 rings (SSSR count). The highest BCUT2D eigenvalue weighted by Gasteiger charge is 2.48. The minimum absolute atomic E-state index is 0.120. The first-order chi connectivity index (χ1) is 15.2. The number of fused-ring (bicyclic) bond motifs is 4. The molecule has 1 saturated heterocycles. The second-order valence-electron chi connectivity index (χ2n) is 8.29. The number of phenols is 1. The van der Waals surface area contributed by atoms with Gasteiger partial charge in [-0.25, -0.2) is 0 Å². The van der Waals surface area contributed by atoms with Crippen LogP contribution >= 0.6 is 0 Å². The molecule has 8 heteroatoms. The maximum Gasteiger partial charge on any atom is 0.431 e. The summed E-state index contributed by atoms with van der Waals surface area (Å²) in [4.78, 5) is 14.6. The summed E-state index contributed by atoms with van der Waals surface area (Å²) < 4.78 is 48.8. The van der Waals surface area contributed by atoms with Gasteiger partial charge in [-0.05, 0) is 55.0 Å². The van der Waals surface area contributed by atoms with Gasteiger partial charge in [0.1, 0.15) is 17.2 Å². The molecule has 2 aliphatic rings. The predicted molar refractivity (Wildman–Crippen MR) is 111 cm³/mol. The molecule has 1 fully saturated rings. The molecule has 0 bridgehead atoms. The van der Waals surface area contributed by atoms with Crippen LogP contribution in [0.5, 0.6) is 11.5 Å². The number of para-hydroxylation sites is 2. The summed E-state index contributed by atoms with van der Waals surface area (Å²) in [6.07, 6.45) is -3.77. The molecule has 0 saturated carbocycles. The minimum atomic E-state index is -4.50. The van der Waals surface area contributed by atoms with Gasteiger partial charge in [0.05, 0.1) is 11.4 Å². The van der Waals surface area contributed by atoms with Crippen molar-refractivity contribution in [3.05, 3.63) is 77.1 Å². The van der Waals surface area contributed by atoms with Crippen LogP contribution in [0.1, 0.15) is 40.2 Å². The lowest BCUT2D eigenvalue weighted by Crippen LogP contribution is -2.50. The molecule has 1 aromatic heterocycles. The highest BCUT2D eigenvalue weighted by molar-refractivity contribution is 5.94. The first kappa shape index (κ1) is 20.5. The van der Waals surface area contributed by atoms with Crippen molar-refractivity contribution in [2.75, 3.05) is 13.1 Å². The highest BCUT2D eigenvalue weighted by atomic mass is 19.4. The Hall–Kier alpha value is -3.42. The zero-order valence-electron chi connectivity index (χ0n) is 17.3. The standard InChI is InChI=1S/C24H21F3N2O3/c1-15-14-16(6-7-18(15)30)22(31)28-12-10-23(11-13-28)20-8-9-21(24(25,26)27)29(20)17-4-2-3-5-19(17)32-23/h2-9,14,30H,10-13H2,1H3. The molecule has 3 aromatic rings. The summed E-state index contributed by atoms with van der Waals surface area (Å²) >= 11 is 0. The molecular weight excluding hydrogens is 421 g/mol. The summed E-state index contributed by atoms with van der Waals surface area (Å²) in [6.45, 7) is 2.40. The van der Waals surface area contributed by atoms with Gasteiger partial charge in [-0.15, -0.1) is 0 Å². The molecule has 0 unspecified atom stereocenters. The zero-order chi connectivity index (χ0) is 22.7. The van der Waals surface area contributed by atoms with E-state index in [1.165, 1.54) is 16.7 Å². The van der Waals surface area contributed by atoms with Gasteiger partial charge in [-0.2, -0.15) is 13.2 Å². The Bertz CT molecular complexity index is 1210. The molecule has 1 N–H and O–H groups in total. The Balaban J connectivity index is 1.47. The lowest BCUT2D eigenvalue weighted by Gasteiger charge is -2.45. The fourth-order valence-electron chi connectivity index (χ4n) is 4.66. The van der Waals surface area contributed by atoms with E-state index >= 15 is 0 Å². The summed E-state index contributed by atoms with van der Waals surface area (Å²) in [5, 5.41) is 9.71. The van der Waals surface area contributed by atoms with Crippen molar-refractivity contribution >= 4 is 5.91 Å². The van der Waals surface area contributed by atoms with Crippen LogP contribution in [0.2, 0.25) is 0 Å². The highest BCUT2D eigenvalue weighted by Crippen LogP contribution is 2.48. The second-order valence-corrected chi connectivity index (χ2v) is 8.29. The molecule has 1 amide bonds. The maximum absolute atomic E-state index is 13.7. The molecule has 0 aliphatic carbocycles. The molecule has 5 nitrogen and oxygen atoms in total. The fourth-order valence-corrected chi connectivity index (χ4v) is 4.66. The normalized spacial score (nSPS) is 16.9. The van der Waals surface area contributed by atoms with Crippen LogP contribution in [0.3, 0.4) is 0 Å². The number of nitrogens with zero attached hydrogens (tertiary/aromatic N) is 2. The molecule has 2 aromatic carbocycles. The van der Waals surface area contributed by atoms with Gasteiger partial charge in [-0.1, -0.05) is 12.1 Å². The van der Waals surface area contributed by atoms with Crippen LogP contribution in [-0.2, 0) is 11.8 Å². The Labute approximate surface area is 182 Å². The number of rotatable bonds is 1. The monoisotopic (exact) mass is 442 g/mol. The number of piperidine rings is 1. The van der Waals surface area contributed by atoms with Crippen molar-refractivity contribution in [3.8, 4) is 17.2 Å².